The van der Waals surface area contributed by atoms with Crippen molar-refractivity contribution in [3.63, 3.8) is 0 Å². The Morgan fingerprint density at radius 2 is 1.41 bits per heavy atom. The Bertz CT molecular complexity index is 1230. The smallest absolute Gasteiger partial charge is 0.336 e. The van der Waals surface area contributed by atoms with Crippen LogP contribution in [0.1, 0.15) is 21.5 Å². The zero-order valence-corrected chi connectivity index (χ0v) is 18.9. The van der Waals surface area contributed by atoms with Crippen LogP contribution in [0.4, 0.5) is 13.2 Å². The molecule has 2 aromatic carbocycles. The van der Waals surface area contributed by atoms with Crippen LogP contribution in [0.3, 0.4) is 0 Å². The molecule has 0 radical (unpaired) electrons. The maximum Gasteiger partial charge on any atom is 0.416 e. The molecule has 174 valence electrons. The molecule has 0 bridgehead atoms. The van der Waals surface area contributed by atoms with Crippen molar-refractivity contribution in [3.05, 3.63) is 59.2 Å². The average molecular weight is 491 g/mol. The second-order valence-electron chi connectivity index (χ2n) is 7.47. The molecule has 0 unspecified atom stereocenters. The predicted octanol–water partition coefficient (Wildman–Crippen LogP) is 2.56. The Balaban J connectivity index is 1.74. The number of carbonyl (C=O) groups excluding carboxylic acids is 1. The number of benzene rings is 2. The van der Waals surface area contributed by atoms with E-state index in [2.05, 4.69) is 0 Å². The Morgan fingerprint density at radius 1 is 0.875 bits per heavy atom. The van der Waals surface area contributed by atoms with Gasteiger partial charge in [-0.3, -0.25) is 4.79 Å². The fourth-order valence-corrected chi connectivity index (χ4v) is 5.40. The summed E-state index contributed by atoms with van der Waals surface area (Å²) >= 11 is 0. The largest absolute Gasteiger partial charge is 0.416 e. The van der Waals surface area contributed by atoms with E-state index in [1.54, 1.807) is 6.92 Å². The van der Waals surface area contributed by atoms with Gasteiger partial charge in [0, 0.05) is 38.0 Å². The standard InChI is InChI=1S/C20H21F3N2O5S2/c1-14-3-6-17(31(2,27)28)13-18(14)19(26)24-9-11-25(12-10-24)32(29,30)16-7-4-15(5-8-16)20(21,22)23/h3-8,13H,9-12H2,1-2H3. The van der Waals surface area contributed by atoms with E-state index in [1.165, 1.54) is 23.1 Å². The SMILES string of the molecule is Cc1ccc(S(C)(=O)=O)cc1C(=O)N1CCN(S(=O)(=O)c2ccc(C(F)(F)F)cc2)CC1. The van der Waals surface area contributed by atoms with Crippen LogP contribution in [0.25, 0.3) is 0 Å². The highest BCUT2D eigenvalue weighted by Crippen LogP contribution is 2.30. The van der Waals surface area contributed by atoms with Gasteiger partial charge in [0.2, 0.25) is 10.0 Å². The summed E-state index contributed by atoms with van der Waals surface area (Å²) in [5.41, 5.74) is -0.146. The van der Waals surface area contributed by atoms with E-state index in [9.17, 15) is 34.8 Å². The summed E-state index contributed by atoms with van der Waals surface area (Å²) in [7, 11) is -7.53. The summed E-state index contributed by atoms with van der Waals surface area (Å²) in [4.78, 5) is 14.1. The van der Waals surface area contributed by atoms with Crippen molar-refractivity contribution >= 4 is 25.8 Å². The molecule has 1 aliphatic rings. The Labute approximate surface area is 184 Å². The van der Waals surface area contributed by atoms with Crippen molar-refractivity contribution in [2.24, 2.45) is 0 Å². The third-order valence-corrected chi connectivity index (χ3v) is 8.24. The zero-order valence-electron chi connectivity index (χ0n) is 17.3. The van der Waals surface area contributed by atoms with Gasteiger partial charge in [-0.2, -0.15) is 17.5 Å². The molecule has 2 aromatic rings. The van der Waals surface area contributed by atoms with E-state index >= 15 is 0 Å². The lowest BCUT2D eigenvalue weighted by atomic mass is 10.1. The van der Waals surface area contributed by atoms with Crippen LogP contribution in [0.15, 0.2) is 52.3 Å². The van der Waals surface area contributed by atoms with E-state index < -0.39 is 37.5 Å². The third kappa shape index (κ3) is 4.97. The summed E-state index contributed by atoms with van der Waals surface area (Å²) in [6.07, 6.45) is -3.53. The van der Waals surface area contributed by atoms with Crippen LogP contribution in [0, 0.1) is 6.92 Å². The molecule has 0 aliphatic carbocycles. The van der Waals surface area contributed by atoms with Gasteiger partial charge in [-0.25, -0.2) is 16.8 Å². The van der Waals surface area contributed by atoms with Crippen molar-refractivity contribution in [2.45, 2.75) is 22.9 Å². The molecule has 0 atom stereocenters. The van der Waals surface area contributed by atoms with Crippen LogP contribution < -0.4 is 0 Å². The van der Waals surface area contributed by atoms with Crippen molar-refractivity contribution in [3.8, 4) is 0 Å². The lowest BCUT2D eigenvalue weighted by molar-refractivity contribution is -0.137. The molecule has 1 heterocycles. The summed E-state index contributed by atoms with van der Waals surface area (Å²) in [5, 5.41) is 0. The highest BCUT2D eigenvalue weighted by Gasteiger charge is 2.33. The van der Waals surface area contributed by atoms with Crippen LogP contribution in [-0.2, 0) is 26.0 Å². The monoisotopic (exact) mass is 490 g/mol. The Morgan fingerprint density at radius 3 is 1.91 bits per heavy atom. The number of carbonyl (C=O) groups is 1. The molecule has 1 saturated heterocycles. The fraction of sp³-hybridized carbons (Fsp3) is 0.350. The van der Waals surface area contributed by atoms with Crippen LogP contribution in [0.2, 0.25) is 0 Å². The number of amides is 1. The van der Waals surface area contributed by atoms with Crippen LogP contribution in [0.5, 0.6) is 0 Å². The molecule has 1 fully saturated rings. The number of halogens is 3. The summed E-state index contributed by atoms with van der Waals surface area (Å²) in [6.45, 7) is 1.70. The fourth-order valence-electron chi connectivity index (χ4n) is 3.33. The van der Waals surface area contributed by atoms with Crippen molar-refractivity contribution in [1.82, 2.24) is 9.21 Å². The molecular weight excluding hydrogens is 469 g/mol. The van der Waals surface area contributed by atoms with Crippen molar-refractivity contribution in [2.75, 3.05) is 32.4 Å². The molecule has 0 aromatic heterocycles. The maximum atomic E-state index is 12.9. The average Bonchev–Trinajstić information content (AvgIpc) is 2.72. The van der Waals surface area contributed by atoms with E-state index in [0.29, 0.717) is 17.7 Å². The molecule has 3 rings (SSSR count). The number of sulfone groups is 1. The topological polar surface area (TPSA) is 91.8 Å². The molecule has 12 heteroatoms. The summed E-state index contributed by atoms with van der Waals surface area (Å²) in [6, 6.07) is 7.50. The predicted molar refractivity (Wildman–Crippen MR) is 110 cm³/mol. The molecule has 1 amide bonds. The van der Waals surface area contributed by atoms with Gasteiger partial charge in [-0.15, -0.1) is 0 Å². The van der Waals surface area contributed by atoms with Gasteiger partial charge in [-0.1, -0.05) is 6.07 Å². The number of alkyl halides is 3. The van der Waals surface area contributed by atoms with Gasteiger partial charge in [0.25, 0.3) is 5.91 Å². The lowest BCUT2D eigenvalue weighted by Gasteiger charge is -2.34. The second kappa shape index (κ2) is 8.49. The molecule has 7 nitrogen and oxygen atoms in total. The van der Waals surface area contributed by atoms with Crippen LogP contribution in [-0.4, -0.2) is 64.4 Å². The first-order valence-corrected chi connectivity index (χ1v) is 12.8. The number of sulfonamides is 1. The number of hydrogen-bond donors (Lipinski definition) is 0. The highest BCUT2D eigenvalue weighted by atomic mass is 32.2. The summed E-state index contributed by atoms with van der Waals surface area (Å²) < 4.78 is 88.4. The minimum Gasteiger partial charge on any atom is -0.336 e. The highest BCUT2D eigenvalue weighted by molar-refractivity contribution is 7.90. The first-order chi connectivity index (χ1) is 14.7. The zero-order chi connectivity index (χ0) is 23.9. The number of nitrogens with zero attached hydrogens (tertiary/aromatic N) is 2. The van der Waals surface area contributed by atoms with Crippen LogP contribution >= 0.6 is 0 Å². The molecular formula is C20H21F3N2O5S2. The number of piperazine rings is 1. The van der Waals surface area contributed by atoms with Gasteiger partial charge < -0.3 is 4.90 Å². The van der Waals surface area contributed by atoms with Gasteiger partial charge in [0.05, 0.1) is 15.4 Å². The van der Waals surface area contributed by atoms with Gasteiger partial charge in [0.15, 0.2) is 9.84 Å². The van der Waals surface area contributed by atoms with E-state index in [1.807, 2.05) is 0 Å². The van der Waals surface area contributed by atoms with Gasteiger partial charge in [-0.05, 0) is 48.9 Å². The minimum absolute atomic E-state index is 0.00923. The Kier molecular flexibility index (Phi) is 6.42. The molecule has 1 aliphatic heterocycles. The van der Waals surface area contributed by atoms with E-state index in [0.717, 1.165) is 22.7 Å². The van der Waals surface area contributed by atoms with Gasteiger partial charge in [0.1, 0.15) is 0 Å². The third-order valence-electron chi connectivity index (χ3n) is 5.21. The minimum atomic E-state index is -4.57. The van der Waals surface area contributed by atoms with Gasteiger partial charge >= 0.3 is 6.18 Å². The first kappa shape index (κ1) is 24.2. The second-order valence-corrected chi connectivity index (χ2v) is 11.4. The lowest BCUT2D eigenvalue weighted by Crippen LogP contribution is -2.50. The number of rotatable bonds is 4. The Hall–Kier alpha value is -2.44. The molecule has 0 N–H and O–H groups in total. The maximum absolute atomic E-state index is 12.9. The number of aryl methyl sites for hydroxylation is 1. The number of hydrogen-bond acceptors (Lipinski definition) is 5. The van der Waals surface area contributed by atoms with Crippen molar-refractivity contribution in [1.29, 1.82) is 0 Å². The first-order valence-electron chi connectivity index (χ1n) is 9.48. The van der Waals surface area contributed by atoms with Crippen molar-refractivity contribution < 1.29 is 34.8 Å². The molecule has 0 spiro atoms. The van der Waals surface area contributed by atoms with E-state index in [-0.39, 0.29) is 41.5 Å². The van der Waals surface area contributed by atoms with E-state index in [4.69, 9.17) is 0 Å². The molecule has 0 saturated carbocycles. The quantitative estimate of drug-likeness (QED) is 0.657. The molecule has 32 heavy (non-hydrogen) atoms. The summed E-state index contributed by atoms with van der Waals surface area (Å²) in [5.74, 6) is -0.417. The normalized spacial score (nSPS) is 16.2.